The first-order chi connectivity index (χ1) is 8.06. The Morgan fingerprint density at radius 3 is 2.53 bits per heavy atom. The Hall–Kier alpha value is -1.53. The number of aliphatic hydroxyl groups is 1. The van der Waals surface area contributed by atoms with Gasteiger partial charge in [0.15, 0.2) is 0 Å². The Labute approximate surface area is 102 Å². The van der Waals surface area contributed by atoms with E-state index in [2.05, 4.69) is 24.8 Å². The summed E-state index contributed by atoms with van der Waals surface area (Å²) in [4.78, 5) is 2.31. The van der Waals surface area contributed by atoms with Crippen molar-refractivity contribution in [1.29, 1.82) is 5.26 Å². The SMILES string of the molecule is CC1(C)CC(CO)CN1c1ccc(C#N)cc1. The molecule has 1 aromatic rings. The first-order valence-electron chi connectivity index (χ1n) is 5.95. The van der Waals surface area contributed by atoms with Crippen molar-refractivity contribution in [3.8, 4) is 6.07 Å². The molecule has 1 saturated heterocycles. The minimum absolute atomic E-state index is 0.0710. The van der Waals surface area contributed by atoms with Gasteiger partial charge in [-0.05, 0) is 44.5 Å². The molecule has 1 unspecified atom stereocenters. The molecule has 1 fully saturated rings. The molecule has 2 rings (SSSR count). The van der Waals surface area contributed by atoms with Crippen LogP contribution in [0.3, 0.4) is 0 Å². The van der Waals surface area contributed by atoms with E-state index in [1.165, 1.54) is 0 Å². The van der Waals surface area contributed by atoms with Crippen molar-refractivity contribution in [2.24, 2.45) is 5.92 Å². The summed E-state index contributed by atoms with van der Waals surface area (Å²) < 4.78 is 0. The molecule has 1 atom stereocenters. The van der Waals surface area contributed by atoms with Gasteiger partial charge >= 0.3 is 0 Å². The molecule has 1 aliphatic rings. The lowest BCUT2D eigenvalue weighted by Crippen LogP contribution is -2.38. The van der Waals surface area contributed by atoms with Crippen molar-refractivity contribution in [3.05, 3.63) is 29.8 Å². The summed E-state index contributed by atoms with van der Waals surface area (Å²) in [6.45, 7) is 5.52. The Bertz CT molecular complexity index is 431. The molecular formula is C14H18N2O. The third-order valence-electron chi connectivity index (χ3n) is 3.53. The second-order valence-corrected chi connectivity index (χ2v) is 5.33. The fourth-order valence-corrected chi connectivity index (χ4v) is 2.68. The summed E-state index contributed by atoms with van der Waals surface area (Å²) >= 11 is 0. The summed E-state index contributed by atoms with van der Waals surface area (Å²) in [5.41, 5.74) is 1.89. The van der Waals surface area contributed by atoms with E-state index >= 15 is 0 Å². The van der Waals surface area contributed by atoms with Gasteiger partial charge < -0.3 is 10.0 Å². The average Bonchev–Trinajstić information content (AvgIpc) is 2.64. The van der Waals surface area contributed by atoms with E-state index in [0.717, 1.165) is 18.7 Å². The van der Waals surface area contributed by atoms with E-state index in [1.54, 1.807) is 0 Å². The van der Waals surface area contributed by atoms with E-state index in [9.17, 15) is 5.11 Å². The van der Waals surface area contributed by atoms with Gasteiger partial charge in [-0.15, -0.1) is 0 Å². The summed E-state index contributed by atoms with van der Waals surface area (Å²) in [7, 11) is 0. The molecule has 1 N–H and O–H groups in total. The smallest absolute Gasteiger partial charge is 0.0991 e. The topological polar surface area (TPSA) is 47.3 Å². The van der Waals surface area contributed by atoms with Crippen molar-refractivity contribution >= 4 is 5.69 Å². The Balaban J connectivity index is 2.24. The van der Waals surface area contributed by atoms with Gasteiger partial charge in [0.2, 0.25) is 0 Å². The molecule has 0 saturated carbocycles. The number of hydrogen-bond acceptors (Lipinski definition) is 3. The van der Waals surface area contributed by atoms with Crippen LogP contribution in [0, 0.1) is 17.2 Å². The number of rotatable bonds is 2. The number of anilines is 1. The zero-order chi connectivity index (χ0) is 12.5. The highest BCUT2D eigenvalue weighted by molar-refractivity contribution is 5.52. The van der Waals surface area contributed by atoms with Crippen molar-refractivity contribution in [2.75, 3.05) is 18.1 Å². The molecule has 0 spiro atoms. The van der Waals surface area contributed by atoms with Gasteiger partial charge in [-0.25, -0.2) is 0 Å². The normalized spacial score (nSPS) is 22.5. The molecule has 1 aromatic carbocycles. The van der Waals surface area contributed by atoms with Gasteiger partial charge in [-0.3, -0.25) is 0 Å². The highest BCUT2D eigenvalue weighted by Crippen LogP contribution is 2.36. The van der Waals surface area contributed by atoms with Crippen LogP contribution in [0.1, 0.15) is 25.8 Å². The minimum Gasteiger partial charge on any atom is -0.396 e. The molecule has 3 nitrogen and oxygen atoms in total. The summed E-state index contributed by atoms with van der Waals surface area (Å²) in [5.74, 6) is 0.348. The average molecular weight is 230 g/mol. The summed E-state index contributed by atoms with van der Waals surface area (Å²) in [5, 5.41) is 18.1. The predicted molar refractivity (Wildman–Crippen MR) is 67.8 cm³/mol. The van der Waals surface area contributed by atoms with Crippen LogP contribution in [-0.4, -0.2) is 23.8 Å². The molecule has 1 heterocycles. The third-order valence-corrected chi connectivity index (χ3v) is 3.53. The van der Waals surface area contributed by atoms with Crippen LogP contribution in [-0.2, 0) is 0 Å². The molecular weight excluding hydrogens is 212 g/mol. The first kappa shape index (κ1) is 11.9. The first-order valence-corrected chi connectivity index (χ1v) is 5.95. The van der Waals surface area contributed by atoms with Crippen LogP contribution < -0.4 is 4.90 Å². The summed E-state index contributed by atoms with van der Waals surface area (Å²) in [6, 6.07) is 9.79. The highest BCUT2D eigenvalue weighted by atomic mass is 16.3. The van der Waals surface area contributed by atoms with E-state index in [1.807, 2.05) is 24.3 Å². The molecule has 3 heteroatoms. The lowest BCUT2D eigenvalue weighted by Gasteiger charge is -2.33. The maximum Gasteiger partial charge on any atom is 0.0991 e. The molecule has 0 radical (unpaired) electrons. The summed E-state index contributed by atoms with van der Waals surface area (Å²) in [6.07, 6.45) is 1.00. The van der Waals surface area contributed by atoms with Crippen molar-refractivity contribution in [3.63, 3.8) is 0 Å². The van der Waals surface area contributed by atoms with Gasteiger partial charge in [0.05, 0.1) is 11.6 Å². The zero-order valence-electron chi connectivity index (χ0n) is 10.3. The largest absolute Gasteiger partial charge is 0.396 e. The Kier molecular flexibility index (Phi) is 3.08. The van der Waals surface area contributed by atoms with E-state index in [0.29, 0.717) is 11.5 Å². The molecule has 0 aliphatic carbocycles. The lowest BCUT2D eigenvalue weighted by atomic mass is 9.97. The monoisotopic (exact) mass is 230 g/mol. The fourth-order valence-electron chi connectivity index (χ4n) is 2.68. The number of hydrogen-bond donors (Lipinski definition) is 1. The second kappa shape index (κ2) is 4.38. The molecule has 0 aromatic heterocycles. The van der Waals surface area contributed by atoms with E-state index in [4.69, 9.17) is 5.26 Å². The van der Waals surface area contributed by atoms with Gasteiger partial charge in [0, 0.05) is 30.3 Å². The van der Waals surface area contributed by atoms with Gasteiger partial charge in [-0.2, -0.15) is 5.26 Å². The van der Waals surface area contributed by atoms with Crippen molar-refractivity contribution in [1.82, 2.24) is 0 Å². The maximum atomic E-state index is 9.28. The molecule has 17 heavy (non-hydrogen) atoms. The fraction of sp³-hybridized carbons (Fsp3) is 0.500. The van der Waals surface area contributed by atoms with E-state index in [-0.39, 0.29) is 12.1 Å². The maximum absolute atomic E-state index is 9.28. The molecule has 0 bridgehead atoms. The van der Waals surface area contributed by atoms with Crippen LogP contribution in [0.4, 0.5) is 5.69 Å². The molecule has 90 valence electrons. The van der Waals surface area contributed by atoms with Crippen LogP contribution in [0.5, 0.6) is 0 Å². The lowest BCUT2D eigenvalue weighted by molar-refractivity contribution is 0.232. The highest BCUT2D eigenvalue weighted by Gasteiger charge is 2.37. The Morgan fingerprint density at radius 2 is 2.06 bits per heavy atom. The zero-order valence-corrected chi connectivity index (χ0v) is 10.3. The number of benzene rings is 1. The van der Waals surface area contributed by atoms with Gasteiger partial charge in [0.25, 0.3) is 0 Å². The van der Waals surface area contributed by atoms with Crippen LogP contribution in [0.25, 0.3) is 0 Å². The van der Waals surface area contributed by atoms with Crippen LogP contribution >= 0.6 is 0 Å². The van der Waals surface area contributed by atoms with Gasteiger partial charge in [0.1, 0.15) is 0 Å². The molecule has 1 aliphatic heterocycles. The van der Waals surface area contributed by atoms with Crippen LogP contribution in [0.2, 0.25) is 0 Å². The second-order valence-electron chi connectivity index (χ2n) is 5.33. The third kappa shape index (κ3) is 2.27. The number of nitrogens with zero attached hydrogens (tertiary/aromatic N) is 2. The predicted octanol–water partition coefficient (Wildman–Crippen LogP) is 2.16. The van der Waals surface area contributed by atoms with Crippen molar-refractivity contribution in [2.45, 2.75) is 25.8 Å². The van der Waals surface area contributed by atoms with Crippen LogP contribution in [0.15, 0.2) is 24.3 Å². The molecule has 0 amide bonds. The van der Waals surface area contributed by atoms with E-state index < -0.39 is 0 Å². The van der Waals surface area contributed by atoms with Crippen molar-refractivity contribution < 1.29 is 5.11 Å². The quantitative estimate of drug-likeness (QED) is 0.847. The Morgan fingerprint density at radius 1 is 1.41 bits per heavy atom. The minimum atomic E-state index is 0.0710. The standard InChI is InChI=1S/C14H18N2O/c1-14(2)7-12(10-17)9-16(14)13-5-3-11(8-15)4-6-13/h3-6,12,17H,7,9-10H2,1-2H3. The number of nitriles is 1. The van der Waals surface area contributed by atoms with Gasteiger partial charge in [-0.1, -0.05) is 0 Å². The number of aliphatic hydroxyl groups excluding tert-OH is 1.